The van der Waals surface area contributed by atoms with E-state index in [-0.39, 0.29) is 6.10 Å². The Morgan fingerprint density at radius 3 is 0.953 bits per heavy atom. The molecule has 0 unspecified atom stereocenters. The van der Waals surface area contributed by atoms with E-state index in [9.17, 15) is 5.11 Å². The van der Waals surface area contributed by atoms with Crippen molar-refractivity contribution in [1.82, 2.24) is 44.1 Å². The number of piperidine rings is 2. The van der Waals surface area contributed by atoms with Crippen molar-refractivity contribution < 1.29 is 9.84 Å². The van der Waals surface area contributed by atoms with Crippen LogP contribution in [0, 0.1) is 5.92 Å². The average molecular weight is 911 g/mol. The lowest BCUT2D eigenvalue weighted by molar-refractivity contribution is 0.0238. The van der Waals surface area contributed by atoms with Gasteiger partial charge in [-0.05, 0) is 187 Å². The van der Waals surface area contributed by atoms with Crippen LogP contribution in [0.3, 0.4) is 0 Å². The van der Waals surface area contributed by atoms with E-state index in [0.717, 1.165) is 82.3 Å². The number of aliphatic hydroxyl groups excluding tert-OH is 1. The number of rotatable bonds is 8. The minimum absolute atomic E-state index is 0.0324. The van der Waals surface area contributed by atoms with Gasteiger partial charge in [0.1, 0.15) is 0 Å². The second kappa shape index (κ2) is 36.5. The Morgan fingerprint density at radius 1 is 0.359 bits per heavy atom. The van der Waals surface area contributed by atoms with Crippen molar-refractivity contribution in [2.24, 2.45) is 5.92 Å². The molecular weight excluding hydrogens is 795 g/mol. The molecule has 0 aromatic heterocycles. The van der Waals surface area contributed by atoms with Gasteiger partial charge in [0, 0.05) is 121 Å². The highest BCUT2D eigenvalue weighted by molar-refractivity contribution is 4.75. The summed E-state index contributed by atoms with van der Waals surface area (Å²) < 4.78 is 5.21. The van der Waals surface area contributed by atoms with Gasteiger partial charge in [0.05, 0.1) is 19.3 Å². The molecule has 0 aromatic carbocycles. The van der Waals surface area contributed by atoms with Crippen molar-refractivity contribution >= 4 is 0 Å². The highest BCUT2D eigenvalue weighted by Crippen LogP contribution is 2.13. The van der Waals surface area contributed by atoms with Crippen LogP contribution in [-0.2, 0) is 4.74 Å². The number of aliphatic hydroxyl groups is 1. The van der Waals surface area contributed by atoms with Gasteiger partial charge < -0.3 is 44.1 Å². The fourth-order valence-electron chi connectivity index (χ4n) is 8.93. The normalized spacial score (nSPS) is 23.2. The molecule has 7 aliphatic rings. The SMILES string of the molecule is CC(C)CN1CCN(C)CC1.CC(C)N1CCC(O)CC1.CC(C)N1CCC1.CC(C)N1CCCC1.CC(C)N1CCCCC1.CC(C)N1CCN(C)CC1.CC(C)N1CCOCC1. The third-order valence-electron chi connectivity index (χ3n) is 14.1. The molecule has 0 amide bonds. The predicted octanol–water partition coefficient (Wildman–Crippen LogP) is 7.58. The van der Waals surface area contributed by atoms with Gasteiger partial charge in [-0.3, -0.25) is 9.80 Å². The van der Waals surface area contributed by atoms with Crippen LogP contribution in [0.1, 0.15) is 148 Å². The number of likely N-dealkylation sites (N-methyl/N-ethyl adjacent to an activating group) is 2. The topological polar surface area (TPSA) is 58.6 Å². The summed E-state index contributed by atoms with van der Waals surface area (Å²) in [5.74, 6) is 0.818. The van der Waals surface area contributed by atoms with E-state index in [2.05, 4.69) is 155 Å². The first-order valence-electron chi connectivity index (χ1n) is 27.1. The van der Waals surface area contributed by atoms with Gasteiger partial charge in [-0.2, -0.15) is 0 Å². The number of piperazine rings is 2. The molecule has 0 saturated carbocycles. The van der Waals surface area contributed by atoms with Crippen LogP contribution in [0.25, 0.3) is 0 Å². The standard InChI is InChI=1S/C9H20N2.C8H18N2.C8H17NO.C8H17N.C7H15NO.C7H15N.C6H13N/c1-9(2)8-11-6-4-10(3)5-7-11;1-8(2)10-6-4-9(3)5-7-10;1-7(2)9-5-3-8(10)4-6-9;1-8(2)9-6-4-3-5-7-9;1-7(2)8-3-5-9-6-4-8;1-7(2)8-5-3-4-6-8;1-6(2)7-4-3-5-7/h9H,4-8H2,1-3H3;8H,4-7H2,1-3H3;7-8,10H,3-6H2,1-2H3;8H,3-7H2,1-2H3;7H,3-6H2,1-2H3;7H,3-6H2,1-2H3;6H,3-5H2,1-2H3. The smallest absolute Gasteiger partial charge is 0.0594 e. The lowest BCUT2D eigenvalue weighted by Gasteiger charge is -2.34. The van der Waals surface area contributed by atoms with E-state index < -0.39 is 0 Å². The molecule has 64 heavy (non-hydrogen) atoms. The summed E-state index contributed by atoms with van der Waals surface area (Å²) in [5.41, 5.74) is 0. The van der Waals surface area contributed by atoms with Crippen LogP contribution in [0.2, 0.25) is 0 Å². The van der Waals surface area contributed by atoms with Crippen LogP contribution in [0.4, 0.5) is 0 Å². The van der Waals surface area contributed by atoms with Gasteiger partial charge in [0.2, 0.25) is 0 Å². The third-order valence-corrected chi connectivity index (χ3v) is 14.1. The van der Waals surface area contributed by atoms with Crippen molar-refractivity contribution in [2.75, 3.05) is 152 Å². The third kappa shape index (κ3) is 30.1. The van der Waals surface area contributed by atoms with E-state index in [0.29, 0.717) is 12.1 Å². The van der Waals surface area contributed by atoms with E-state index in [1.54, 1.807) is 0 Å². The summed E-state index contributed by atoms with van der Waals surface area (Å²) in [6.45, 7) is 57.0. The lowest BCUT2D eigenvalue weighted by atomic mass is 10.1. The molecule has 0 spiro atoms. The molecular formula is C53H115N9O2. The minimum Gasteiger partial charge on any atom is -0.393 e. The monoisotopic (exact) mass is 910 g/mol. The summed E-state index contributed by atoms with van der Waals surface area (Å²) >= 11 is 0. The van der Waals surface area contributed by atoms with Crippen molar-refractivity contribution in [3.63, 3.8) is 0 Å². The Hall–Kier alpha value is -0.440. The number of likely N-dealkylation sites (tertiary alicyclic amines) is 4. The summed E-state index contributed by atoms with van der Waals surface area (Å²) in [7, 11) is 4.39. The Morgan fingerprint density at radius 2 is 0.656 bits per heavy atom. The number of hydrogen-bond donors (Lipinski definition) is 1. The maximum Gasteiger partial charge on any atom is 0.0594 e. The Balaban J connectivity index is 0.000000375. The van der Waals surface area contributed by atoms with Gasteiger partial charge in [0.25, 0.3) is 0 Å². The molecule has 11 nitrogen and oxygen atoms in total. The average Bonchev–Trinajstić information content (AvgIpc) is 3.80. The van der Waals surface area contributed by atoms with Crippen molar-refractivity contribution in [1.29, 1.82) is 0 Å². The number of ether oxygens (including phenoxy) is 1. The van der Waals surface area contributed by atoms with Gasteiger partial charge in [-0.1, -0.05) is 20.3 Å². The van der Waals surface area contributed by atoms with Crippen molar-refractivity contribution in [3.8, 4) is 0 Å². The summed E-state index contributed by atoms with van der Waals surface area (Å²) in [4.78, 5) is 22.3. The van der Waals surface area contributed by atoms with E-state index in [1.807, 2.05) is 0 Å². The number of hydrogen-bond acceptors (Lipinski definition) is 11. The number of morpholine rings is 1. The summed E-state index contributed by atoms with van der Waals surface area (Å²) in [6.07, 6.45) is 10.4. The summed E-state index contributed by atoms with van der Waals surface area (Å²) in [6, 6.07) is 4.40. The molecule has 7 aliphatic heterocycles. The Kier molecular flexibility index (Phi) is 35.1. The van der Waals surface area contributed by atoms with Crippen LogP contribution < -0.4 is 0 Å². The van der Waals surface area contributed by atoms with Gasteiger partial charge in [0.15, 0.2) is 0 Å². The fraction of sp³-hybridized carbons (Fsp3) is 1.00. The molecule has 0 bridgehead atoms. The van der Waals surface area contributed by atoms with Crippen LogP contribution >= 0.6 is 0 Å². The highest BCUT2D eigenvalue weighted by atomic mass is 16.5. The van der Waals surface area contributed by atoms with E-state index in [4.69, 9.17) is 4.74 Å². The first kappa shape index (κ1) is 61.6. The van der Waals surface area contributed by atoms with Crippen LogP contribution in [0.15, 0.2) is 0 Å². The second-order valence-corrected chi connectivity index (χ2v) is 22.0. The van der Waals surface area contributed by atoms with Crippen molar-refractivity contribution in [3.05, 3.63) is 0 Å². The van der Waals surface area contributed by atoms with Gasteiger partial charge in [-0.25, -0.2) is 0 Å². The molecule has 384 valence electrons. The van der Waals surface area contributed by atoms with E-state index >= 15 is 0 Å². The second-order valence-electron chi connectivity index (χ2n) is 22.0. The van der Waals surface area contributed by atoms with Crippen molar-refractivity contribution in [2.45, 2.75) is 191 Å². The van der Waals surface area contributed by atoms with Gasteiger partial charge >= 0.3 is 0 Å². The zero-order valence-corrected chi connectivity index (χ0v) is 46.0. The molecule has 0 aliphatic carbocycles. The molecule has 7 heterocycles. The zero-order chi connectivity index (χ0) is 48.0. The minimum atomic E-state index is -0.0324. The van der Waals surface area contributed by atoms with Crippen LogP contribution in [-0.4, -0.2) is 243 Å². The molecule has 7 fully saturated rings. The summed E-state index contributed by atoms with van der Waals surface area (Å²) in [5, 5.41) is 9.18. The predicted molar refractivity (Wildman–Crippen MR) is 280 cm³/mol. The van der Waals surface area contributed by atoms with Crippen LogP contribution in [0.5, 0.6) is 0 Å². The maximum absolute atomic E-state index is 9.18. The molecule has 0 radical (unpaired) electrons. The fourth-order valence-corrected chi connectivity index (χ4v) is 8.93. The first-order chi connectivity index (χ1) is 30.3. The molecule has 0 aromatic rings. The Labute approximate surface area is 400 Å². The first-order valence-corrected chi connectivity index (χ1v) is 27.1. The lowest BCUT2D eigenvalue weighted by Crippen LogP contribution is -2.47. The zero-order valence-electron chi connectivity index (χ0n) is 46.0. The molecule has 11 heteroatoms. The molecule has 0 atom stereocenters. The molecule has 1 N–H and O–H groups in total. The molecule has 7 saturated heterocycles. The van der Waals surface area contributed by atoms with E-state index in [1.165, 1.54) is 137 Å². The highest BCUT2D eigenvalue weighted by Gasteiger charge is 2.20. The quantitative estimate of drug-likeness (QED) is 0.263. The maximum atomic E-state index is 9.18. The Bertz CT molecular complexity index is 969. The number of nitrogens with zero attached hydrogens (tertiary/aromatic N) is 9. The van der Waals surface area contributed by atoms with Gasteiger partial charge in [-0.15, -0.1) is 0 Å². The molecule has 7 rings (SSSR count). The largest absolute Gasteiger partial charge is 0.393 e.